The number of hydrogen-bond acceptors (Lipinski definition) is 3. The number of amides is 2. The molecule has 0 spiro atoms. The average molecular weight is 529 g/mol. The van der Waals surface area contributed by atoms with Gasteiger partial charge < -0.3 is 34.0 Å². The minimum atomic E-state index is -0.792. The Kier molecular flexibility index (Phi) is 6.94. The van der Waals surface area contributed by atoms with Gasteiger partial charge in [-0.3, -0.25) is 14.5 Å². The smallest absolute Gasteiger partial charge is 0.294 e. The van der Waals surface area contributed by atoms with Gasteiger partial charge in [-0.2, -0.15) is 4.57 Å². The van der Waals surface area contributed by atoms with E-state index in [9.17, 15) is 9.59 Å². The number of benzene rings is 2. The Labute approximate surface area is 198 Å². The van der Waals surface area contributed by atoms with Crippen LogP contribution >= 0.6 is 0 Å². The molecule has 2 amide bonds. The van der Waals surface area contributed by atoms with Crippen LogP contribution in [-0.4, -0.2) is 18.9 Å². The fraction of sp³-hybridized carbons (Fsp3) is 0.208. The van der Waals surface area contributed by atoms with Crippen LogP contribution in [0, 0.1) is 13.8 Å². The Morgan fingerprint density at radius 3 is 2.35 bits per heavy atom. The molecule has 1 atom stereocenters. The minimum Gasteiger partial charge on any atom is -1.00 e. The maximum Gasteiger partial charge on any atom is 0.294 e. The molecule has 2 aromatic carbocycles. The molecule has 4 rings (SSSR count). The van der Waals surface area contributed by atoms with Crippen LogP contribution in [0.4, 0.5) is 11.4 Å². The molecule has 1 N–H and O–H groups in total. The number of fused-ring (bicyclic) bond motifs is 1. The molecule has 0 radical (unpaired) electrons. The van der Waals surface area contributed by atoms with Crippen molar-refractivity contribution in [2.75, 3.05) is 17.3 Å². The zero-order chi connectivity index (χ0) is 21.3. The van der Waals surface area contributed by atoms with Crippen LogP contribution in [0.1, 0.15) is 22.9 Å². The highest BCUT2D eigenvalue weighted by atomic mass is 127. The molecule has 3 aromatic rings. The number of aromatic nitrogens is 1. The number of methoxy groups -OCH3 is 1. The molecule has 0 fully saturated rings. The van der Waals surface area contributed by atoms with E-state index in [0.29, 0.717) is 11.4 Å². The van der Waals surface area contributed by atoms with Crippen molar-refractivity contribution in [2.24, 2.45) is 0 Å². The summed E-state index contributed by atoms with van der Waals surface area (Å²) < 4.78 is 7.06. The van der Waals surface area contributed by atoms with Crippen molar-refractivity contribution in [1.29, 1.82) is 0 Å². The van der Waals surface area contributed by atoms with E-state index in [1.54, 1.807) is 36.3 Å². The van der Waals surface area contributed by atoms with E-state index in [2.05, 4.69) is 5.32 Å². The van der Waals surface area contributed by atoms with Crippen LogP contribution in [0.3, 0.4) is 0 Å². The molecule has 31 heavy (non-hydrogen) atoms. The third kappa shape index (κ3) is 4.41. The third-order valence-corrected chi connectivity index (χ3v) is 5.42. The topological polar surface area (TPSA) is 62.5 Å². The zero-order valence-corrected chi connectivity index (χ0v) is 19.8. The molecule has 1 unspecified atom stereocenters. The van der Waals surface area contributed by atoms with Crippen molar-refractivity contribution in [3.05, 3.63) is 83.7 Å². The first-order chi connectivity index (χ1) is 14.5. The van der Waals surface area contributed by atoms with Crippen LogP contribution in [0.2, 0.25) is 0 Å². The van der Waals surface area contributed by atoms with Gasteiger partial charge in [-0.25, -0.2) is 0 Å². The Morgan fingerprint density at radius 2 is 1.71 bits per heavy atom. The number of carbonyl (C=O) groups excluding carboxylic acids is 2. The summed E-state index contributed by atoms with van der Waals surface area (Å²) >= 11 is 0. The van der Waals surface area contributed by atoms with Gasteiger partial charge in [0.2, 0.25) is 18.3 Å². The number of anilines is 2. The van der Waals surface area contributed by atoms with E-state index >= 15 is 0 Å². The Morgan fingerprint density at radius 1 is 1.03 bits per heavy atom. The van der Waals surface area contributed by atoms with Crippen LogP contribution in [0.5, 0.6) is 5.75 Å². The number of ether oxygens (including phenoxy) is 1. The molecule has 0 saturated heterocycles. The first-order valence-electron chi connectivity index (χ1n) is 9.81. The van der Waals surface area contributed by atoms with E-state index in [1.807, 2.05) is 61.0 Å². The van der Waals surface area contributed by atoms with Gasteiger partial charge in [-0.05, 0) is 49.2 Å². The number of nitrogens with zero attached hydrogens (tertiary/aromatic N) is 2. The molecule has 6 nitrogen and oxygen atoms in total. The molecule has 0 aliphatic carbocycles. The Bertz CT molecular complexity index is 1100. The van der Waals surface area contributed by atoms with Crippen LogP contribution in [0.15, 0.2) is 66.9 Å². The quantitative estimate of drug-likeness (QED) is 0.392. The number of para-hydroxylation sites is 1. The summed E-state index contributed by atoms with van der Waals surface area (Å²) in [6.45, 7) is 4.09. The summed E-state index contributed by atoms with van der Waals surface area (Å²) in [6.07, 6.45) is 1.83. The van der Waals surface area contributed by atoms with Crippen molar-refractivity contribution >= 4 is 23.2 Å². The van der Waals surface area contributed by atoms with Crippen LogP contribution in [0.25, 0.3) is 0 Å². The molecule has 0 saturated carbocycles. The lowest BCUT2D eigenvalue weighted by Crippen LogP contribution is -3.00. The van der Waals surface area contributed by atoms with E-state index in [4.69, 9.17) is 4.74 Å². The largest absolute Gasteiger partial charge is 1.00 e. The lowest BCUT2D eigenvalue weighted by Gasteiger charge is -2.32. The SMILES string of the molecule is COc1ccc(N2C(=O)C[n+]3ccccc3C2C(=O)Nc2c(C)cccc2C)cc1.[I-]. The molecule has 160 valence electrons. The lowest BCUT2D eigenvalue weighted by molar-refractivity contribution is -0.695. The first-order valence-corrected chi connectivity index (χ1v) is 9.81. The molecular formula is C24H24IN3O3. The molecule has 1 aliphatic heterocycles. The monoisotopic (exact) mass is 529 g/mol. The third-order valence-electron chi connectivity index (χ3n) is 5.42. The summed E-state index contributed by atoms with van der Waals surface area (Å²) in [7, 11) is 1.59. The van der Waals surface area contributed by atoms with E-state index in [0.717, 1.165) is 22.5 Å². The van der Waals surface area contributed by atoms with Gasteiger partial charge in [-0.15, -0.1) is 0 Å². The normalized spacial score (nSPS) is 15.0. The van der Waals surface area contributed by atoms with E-state index < -0.39 is 6.04 Å². The second kappa shape index (κ2) is 9.47. The molecule has 1 aromatic heterocycles. The number of carbonyl (C=O) groups is 2. The van der Waals surface area contributed by atoms with Gasteiger partial charge in [0, 0.05) is 23.5 Å². The maximum atomic E-state index is 13.5. The van der Waals surface area contributed by atoms with Gasteiger partial charge in [0.1, 0.15) is 5.75 Å². The number of pyridine rings is 1. The standard InChI is InChI=1S/C24H23N3O3.HI/c1-16-7-6-8-17(2)22(16)25-24(29)23-20-9-4-5-14-26(20)15-21(28)27(23)18-10-12-19(30-3)13-11-18;/h4-14,23H,15H2,1-3H3;1H. The number of halogens is 1. The van der Waals surface area contributed by atoms with E-state index in [1.165, 1.54) is 0 Å². The molecule has 2 heterocycles. The molecule has 7 heteroatoms. The summed E-state index contributed by atoms with van der Waals surface area (Å²) in [6, 6.07) is 17.9. The summed E-state index contributed by atoms with van der Waals surface area (Å²) in [4.78, 5) is 28.2. The summed E-state index contributed by atoms with van der Waals surface area (Å²) in [5.74, 6) is 0.288. The predicted molar refractivity (Wildman–Crippen MR) is 114 cm³/mol. The molecular weight excluding hydrogens is 505 g/mol. The maximum absolute atomic E-state index is 13.5. The zero-order valence-electron chi connectivity index (χ0n) is 17.6. The van der Waals surface area contributed by atoms with Gasteiger partial charge in [0.25, 0.3) is 11.8 Å². The van der Waals surface area contributed by atoms with Crippen molar-refractivity contribution in [2.45, 2.75) is 26.4 Å². The minimum absolute atomic E-state index is 0. The fourth-order valence-electron chi connectivity index (χ4n) is 3.87. The molecule has 0 bridgehead atoms. The number of nitrogens with one attached hydrogen (secondary N) is 1. The average Bonchev–Trinajstić information content (AvgIpc) is 2.75. The van der Waals surface area contributed by atoms with Gasteiger partial charge in [0.05, 0.1) is 7.11 Å². The van der Waals surface area contributed by atoms with E-state index in [-0.39, 0.29) is 42.3 Å². The Balaban J connectivity index is 0.00000272. The predicted octanol–water partition coefficient (Wildman–Crippen LogP) is 0.330. The summed E-state index contributed by atoms with van der Waals surface area (Å²) in [5.41, 5.74) is 4.14. The highest BCUT2D eigenvalue weighted by molar-refractivity contribution is 6.05. The summed E-state index contributed by atoms with van der Waals surface area (Å²) in [5, 5.41) is 3.06. The second-order valence-corrected chi connectivity index (χ2v) is 7.37. The second-order valence-electron chi connectivity index (χ2n) is 7.37. The van der Waals surface area contributed by atoms with Crippen LogP contribution in [-0.2, 0) is 16.1 Å². The van der Waals surface area contributed by atoms with Crippen molar-refractivity contribution < 1.29 is 42.9 Å². The lowest BCUT2D eigenvalue weighted by atomic mass is 10.0. The number of hydrogen-bond donors (Lipinski definition) is 1. The highest BCUT2D eigenvalue weighted by Gasteiger charge is 2.43. The van der Waals surface area contributed by atoms with Crippen LogP contribution < -0.4 is 43.5 Å². The highest BCUT2D eigenvalue weighted by Crippen LogP contribution is 2.32. The van der Waals surface area contributed by atoms with Crippen molar-refractivity contribution in [3.63, 3.8) is 0 Å². The van der Waals surface area contributed by atoms with Gasteiger partial charge in [-0.1, -0.05) is 24.3 Å². The first kappa shape index (κ1) is 22.7. The number of aryl methyl sites for hydroxylation is 2. The number of rotatable bonds is 4. The van der Waals surface area contributed by atoms with Gasteiger partial charge in [0.15, 0.2) is 6.20 Å². The van der Waals surface area contributed by atoms with Gasteiger partial charge >= 0.3 is 0 Å². The van der Waals surface area contributed by atoms with Crippen molar-refractivity contribution in [3.8, 4) is 5.75 Å². The molecule has 1 aliphatic rings. The Hall–Kier alpha value is -2.94. The fourth-order valence-corrected chi connectivity index (χ4v) is 3.87. The van der Waals surface area contributed by atoms with Crippen molar-refractivity contribution in [1.82, 2.24) is 0 Å².